The third kappa shape index (κ3) is 5.93. The Hall–Kier alpha value is -7.34. The number of benzene rings is 7. The molecule has 0 radical (unpaired) electrons. The number of pyridine rings is 2. The van der Waals surface area contributed by atoms with Gasteiger partial charge in [-0.15, -0.1) is 11.3 Å². The lowest BCUT2D eigenvalue weighted by Gasteiger charge is -2.12. The van der Waals surface area contributed by atoms with Crippen molar-refractivity contribution < 1.29 is 0 Å². The third-order valence-corrected chi connectivity index (χ3v) is 12.0. The van der Waals surface area contributed by atoms with Gasteiger partial charge in [0.25, 0.3) is 0 Å². The van der Waals surface area contributed by atoms with E-state index in [1.807, 2.05) is 41.7 Å². The van der Waals surface area contributed by atoms with Crippen LogP contribution in [0.15, 0.2) is 194 Å². The SMILES string of the molecule is c1ccc(-c2ccc(-c3nc(-c4ccc(-c5ccc(-c6nc7ccccc7c7c6ccc6c8ccccc8sc67)cc5)cc4)cc(-c4ccccn4)n3)cc2)cc1. The summed E-state index contributed by atoms with van der Waals surface area (Å²) in [4.78, 5) is 19.9. The highest BCUT2D eigenvalue weighted by Gasteiger charge is 2.17. The lowest BCUT2D eigenvalue weighted by molar-refractivity contribution is 1.16. The number of fused-ring (bicyclic) bond motifs is 7. The minimum Gasteiger partial charge on any atom is -0.255 e. The standard InChI is InChI=1S/C52H32N4S/c1-2-10-33(11-3-1)34-21-27-39(28-22-34)52-55-46(32-47(56-52)45-15-8-9-31-53-45)37-23-17-35(18-24-37)36-19-25-38(26-20-36)50-43-30-29-41-40-12-5-7-16-48(40)57-51(41)49(43)42-13-4-6-14-44(42)54-50/h1-32H. The van der Waals surface area contributed by atoms with Crippen molar-refractivity contribution in [3.05, 3.63) is 194 Å². The monoisotopic (exact) mass is 744 g/mol. The number of thiophene rings is 1. The molecule has 11 rings (SSSR count). The van der Waals surface area contributed by atoms with Gasteiger partial charge in [-0.2, -0.15) is 0 Å². The molecule has 5 heteroatoms. The Bertz CT molecular complexity index is 3250. The third-order valence-electron chi connectivity index (χ3n) is 10.8. The van der Waals surface area contributed by atoms with Crippen LogP contribution in [0.5, 0.6) is 0 Å². The normalized spacial score (nSPS) is 11.5. The summed E-state index contributed by atoms with van der Waals surface area (Å²) in [5.74, 6) is 0.662. The average Bonchev–Trinajstić information content (AvgIpc) is 3.68. The molecule has 0 amide bonds. The molecular weight excluding hydrogens is 713 g/mol. The molecule has 0 saturated heterocycles. The Kier molecular flexibility index (Phi) is 7.97. The molecule has 0 aliphatic heterocycles. The van der Waals surface area contributed by atoms with Crippen LogP contribution >= 0.6 is 11.3 Å². The summed E-state index contributed by atoms with van der Waals surface area (Å²) >= 11 is 1.87. The summed E-state index contributed by atoms with van der Waals surface area (Å²) in [5.41, 5.74) is 12.1. The van der Waals surface area contributed by atoms with Gasteiger partial charge in [-0.05, 0) is 52.6 Å². The lowest BCUT2D eigenvalue weighted by atomic mass is 9.96. The first kappa shape index (κ1) is 33.0. The smallest absolute Gasteiger partial charge is 0.160 e. The zero-order valence-electron chi connectivity index (χ0n) is 30.7. The van der Waals surface area contributed by atoms with Gasteiger partial charge < -0.3 is 0 Å². The molecule has 7 aromatic carbocycles. The number of hydrogen-bond donors (Lipinski definition) is 0. The molecule has 0 saturated carbocycles. The van der Waals surface area contributed by atoms with E-state index in [-0.39, 0.29) is 0 Å². The van der Waals surface area contributed by atoms with Crippen molar-refractivity contribution in [2.24, 2.45) is 0 Å². The second-order valence-corrected chi connectivity index (χ2v) is 15.3. The van der Waals surface area contributed by atoms with Gasteiger partial charge in [-0.3, -0.25) is 4.98 Å². The van der Waals surface area contributed by atoms with Crippen LogP contribution in [0.4, 0.5) is 0 Å². The minimum absolute atomic E-state index is 0.662. The fourth-order valence-electron chi connectivity index (χ4n) is 7.90. The van der Waals surface area contributed by atoms with Gasteiger partial charge in [0.2, 0.25) is 0 Å². The number of hydrogen-bond acceptors (Lipinski definition) is 5. The number of para-hydroxylation sites is 1. The Balaban J connectivity index is 0.942. The fraction of sp³-hybridized carbons (Fsp3) is 0. The summed E-state index contributed by atoms with van der Waals surface area (Å²) in [7, 11) is 0. The van der Waals surface area contributed by atoms with Gasteiger partial charge in [0, 0.05) is 59.2 Å². The van der Waals surface area contributed by atoms with Gasteiger partial charge in [-0.1, -0.05) is 158 Å². The van der Waals surface area contributed by atoms with Crippen LogP contribution in [0.25, 0.3) is 109 Å². The first-order valence-electron chi connectivity index (χ1n) is 19.0. The molecule has 57 heavy (non-hydrogen) atoms. The lowest BCUT2D eigenvalue weighted by Crippen LogP contribution is -1.97. The predicted octanol–water partition coefficient (Wildman–Crippen LogP) is 13.9. The Labute approximate surface area is 333 Å². The first-order valence-corrected chi connectivity index (χ1v) is 19.9. The Morgan fingerprint density at radius 1 is 0.351 bits per heavy atom. The topological polar surface area (TPSA) is 51.6 Å². The molecule has 4 heterocycles. The molecule has 0 aliphatic carbocycles. The van der Waals surface area contributed by atoms with Crippen molar-refractivity contribution in [1.29, 1.82) is 0 Å². The summed E-state index contributed by atoms with van der Waals surface area (Å²) in [6, 6.07) is 66.0. The van der Waals surface area contributed by atoms with Gasteiger partial charge in [0.15, 0.2) is 5.82 Å². The van der Waals surface area contributed by atoms with E-state index in [1.165, 1.54) is 41.9 Å². The number of aromatic nitrogens is 4. The van der Waals surface area contributed by atoms with Crippen LogP contribution in [0.2, 0.25) is 0 Å². The molecule has 11 aromatic rings. The van der Waals surface area contributed by atoms with Crippen LogP contribution in [0.1, 0.15) is 0 Å². The molecule has 4 nitrogen and oxygen atoms in total. The van der Waals surface area contributed by atoms with Crippen molar-refractivity contribution in [2.75, 3.05) is 0 Å². The quantitative estimate of drug-likeness (QED) is 0.159. The summed E-state index contributed by atoms with van der Waals surface area (Å²) in [6.45, 7) is 0. The second-order valence-electron chi connectivity index (χ2n) is 14.2. The zero-order chi connectivity index (χ0) is 37.7. The second kappa shape index (κ2) is 13.7. The van der Waals surface area contributed by atoms with Gasteiger partial charge in [-0.25, -0.2) is 15.0 Å². The largest absolute Gasteiger partial charge is 0.255 e. The highest BCUT2D eigenvalue weighted by Crippen LogP contribution is 2.43. The molecule has 0 unspecified atom stereocenters. The Morgan fingerprint density at radius 2 is 0.930 bits per heavy atom. The first-order chi connectivity index (χ1) is 28.2. The van der Waals surface area contributed by atoms with Gasteiger partial charge >= 0.3 is 0 Å². The summed E-state index contributed by atoms with van der Waals surface area (Å²) < 4.78 is 2.62. The van der Waals surface area contributed by atoms with Crippen LogP contribution in [0, 0.1) is 0 Å². The molecule has 0 bridgehead atoms. The van der Waals surface area contributed by atoms with E-state index < -0.39 is 0 Å². The fourth-order valence-corrected chi connectivity index (χ4v) is 9.17. The Morgan fingerprint density at radius 3 is 1.67 bits per heavy atom. The van der Waals surface area contributed by atoms with E-state index in [1.54, 1.807) is 6.20 Å². The molecule has 0 N–H and O–H groups in total. The highest BCUT2D eigenvalue weighted by atomic mass is 32.1. The van der Waals surface area contributed by atoms with E-state index in [0.717, 1.165) is 61.7 Å². The minimum atomic E-state index is 0.662. The number of nitrogens with zero attached hydrogens (tertiary/aromatic N) is 4. The van der Waals surface area contributed by atoms with Crippen LogP contribution in [-0.2, 0) is 0 Å². The molecule has 0 spiro atoms. The average molecular weight is 745 g/mol. The molecular formula is C52H32N4S. The van der Waals surface area contributed by atoms with Crippen LogP contribution in [-0.4, -0.2) is 19.9 Å². The maximum atomic E-state index is 5.25. The van der Waals surface area contributed by atoms with Gasteiger partial charge in [0.1, 0.15) is 0 Å². The molecule has 266 valence electrons. The molecule has 4 aromatic heterocycles. The van der Waals surface area contributed by atoms with Crippen molar-refractivity contribution in [1.82, 2.24) is 19.9 Å². The van der Waals surface area contributed by atoms with Crippen LogP contribution in [0.3, 0.4) is 0 Å². The van der Waals surface area contributed by atoms with E-state index in [9.17, 15) is 0 Å². The zero-order valence-corrected chi connectivity index (χ0v) is 31.5. The van der Waals surface area contributed by atoms with Crippen molar-refractivity contribution >= 4 is 53.2 Å². The van der Waals surface area contributed by atoms with Crippen LogP contribution < -0.4 is 0 Å². The molecule has 0 atom stereocenters. The van der Waals surface area contributed by atoms with Gasteiger partial charge in [0.05, 0.1) is 28.3 Å². The molecule has 0 aliphatic rings. The summed E-state index contributed by atoms with van der Waals surface area (Å²) in [6.07, 6.45) is 1.80. The maximum absolute atomic E-state index is 5.25. The van der Waals surface area contributed by atoms with Crippen molar-refractivity contribution in [3.8, 4) is 67.5 Å². The highest BCUT2D eigenvalue weighted by molar-refractivity contribution is 7.26. The summed E-state index contributed by atoms with van der Waals surface area (Å²) in [5, 5.41) is 6.24. The van der Waals surface area contributed by atoms with E-state index in [2.05, 4.69) is 163 Å². The van der Waals surface area contributed by atoms with Crippen molar-refractivity contribution in [3.63, 3.8) is 0 Å². The van der Waals surface area contributed by atoms with E-state index >= 15 is 0 Å². The maximum Gasteiger partial charge on any atom is 0.160 e. The van der Waals surface area contributed by atoms with E-state index in [4.69, 9.17) is 15.0 Å². The number of rotatable bonds is 6. The molecule has 0 fully saturated rings. The van der Waals surface area contributed by atoms with E-state index in [0.29, 0.717) is 5.82 Å². The predicted molar refractivity (Wildman–Crippen MR) is 238 cm³/mol. The van der Waals surface area contributed by atoms with Crippen molar-refractivity contribution in [2.45, 2.75) is 0 Å².